The van der Waals surface area contributed by atoms with Gasteiger partial charge in [0.25, 0.3) is 0 Å². The van der Waals surface area contributed by atoms with Crippen molar-refractivity contribution < 1.29 is 13.9 Å². The Balaban J connectivity index is 2.59. The molecule has 0 amide bonds. The lowest BCUT2D eigenvalue weighted by atomic mass is 10.2. The zero-order valence-electron chi connectivity index (χ0n) is 9.65. The lowest BCUT2D eigenvalue weighted by Crippen LogP contribution is -2.04. The second-order valence-corrected chi connectivity index (χ2v) is 4.31. The number of hydrogen-bond acceptors (Lipinski definition) is 4. The fourth-order valence-corrected chi connectivity index (χ4v) is 1.87. The smallest absolute Gasteiger partial charge is 0.360 e. The third-order valence-corrected chi connectivity index (χ3v) is 3.20. The van der Waals surface area contributed by atoms with Gasteiger partial charge >= 0.3 is 5.97 Å². The number of esters is 1. The molecule has 0 unspecified atom stereocenters. The average molecular weight is 299 g/mol. The summed E-state index contributed by atoms with van der Waals surface area (Å²) in [5.41, 5.74) is 0.955. The molecule has 2 heterocycles. The molecular formula is C11H11BrN2O3. The number of aromatic nitrogens is 2. The van der Waals surface area contributed by atoms with Crippen LogP contribution in [-0.4, -0.2) is 22.6 Å². The van der Waals surface area contributed by atoms with Crippen LogP contribution in [0.15, 0.2) is 21.2 Å². The molecule has 6 heteroatoms. The summed E-state index contributed by atoms with van der Waals surface area (Å²) in [6.07, 6.45) is 0. The molecule has 90 valence electrons. The van der Waals surface area contributed by atoms with Crippen LogP contribution in [-0.2, 0) is 11.8 Å². The molecular weight excluding hydrogens is 288 g/mol. The van der Waals surface area contributed by atoms with Gasteiger partial charge in [-0.15, -0.1) is 0 Å². The highest BCUT2D eigenvalue weighted by atomic mass is 79.9. The van der Waals surface area contributed by atoms with E-state index in [-0.39, 0.29) is 5.69 Å². The first-order valence-corrected chi connectivity index (χ1v) is 5.71. The van der Waals surface area contributed by atoms with Gasteiger partial charge < -0.3 is 13.7 Å². The minimum atomic E-state index is -0.505. The summed E-state index contributed by atoms with van der Waals surface area (Å²) < 4.78 is 12.9. The zero-order valence-corrected chi connectivity index (χ0v) is 11.2. The highest BCUT2D eigenvalue weighted by molar-refractivity contribution is 9.10. The van der Waals surface area contributed by atoms with E-state index in [4.69, 9.17) is 4.42 Å². The van der Waals surface area contributed by atoms with E-state index >= 15 is 0 Å². The summed E-state index contributed by atoms with van der Waals surface area (Å²) >= 11 is 3.38. The van der Waals surface area contributed by atoms with Crippen LogP contribution in [0.3, 0.4) is 0 Å². The van der Waals surface area contributed by atoms with E-state index in [1.54, 1.807) is 6.92 Å². The van der Waals surface area contributed by atoms with E-state index < -0.39 is 5.97 Å². The normalized spacial score (nSPS) is 10.6. The lowest BCUT2D eigenvalue weighted by molar-refractivity contribution is 0.0595. The highest BCUT2D eigenvalue weighted by Gasteiger charge is 2.22. The molecule has 0 saturated carbocycles. The van der Waals surface area contributed by atoms with E-state index in [1.165, 1.54) is 7.11 Å². The number of rotatable bonds is 2. The first-order chi connectivity index (χ1) is 8.04. The topological polar surface area (TPSA) is 57.3 Å². The molecule has 2 aromatic rings. The molecule has 0 fully saturated rings. The van der Waals surface area contributed by atoms with Gasteiger partial charge in [-0.2, -0.15) is 0 Å². The Morgan fingerprint density at radius 1 is 1.53 bits per heavy atom. The van der Waals surface area contributed by atoms with Crippen LogP contribution in [0, 0.1) is 6.92 Å². The van der Waals surface area contributed by atoms with Crippen LogP contribution >= 0.6 is 15.9 Å². The van der Waals surface area contributed by atoms with Gasteiger partial charge in [0.1, 0.15) is 0 Å². The maximum atomic E-state index is 11.6. The van der Waals surface area contributed by atoms with Crippen molar-refractivity contribution >= 4 is 21.9 Å². The number of halogens is 1. The predicted octanol–water partition coefficient (Wildman–Crippen LogP) is 2.54. The Hall–Kier alpha value is -1.56. The van der Waals surface area contributed by atoms with Crippen LogP contribution < -0.4 is 0 Å². The minimum absolute atomic E-state index is 0.193. The van der Waals surface area contributed by atoms with Crippen molar-refractivity contribution in [1.82, 2.24) is 9.55 Å². The summed E-state index contributed by atoms with van der Waals surface area (Å²) in [5.74, 6) is 0.342. The molecule has 0 aromatic carbocycles. The van der Waals surface area contributed by atoms with Gasteiger partial charge in [-0.25, -0.2) is 9.78 Å². The van der Waals surface area contributed by atoms with Crippen molar-refractivity contribution in [3.8, 4) is 11.5 Å². The van der Waals surface area contributed by atoms with E-state index in [2.05, 4.69) is 25.7 Å². The van der Waals surface area contributed by atoms with Crippen LogP contribution in [0.1, 0.15) is 16.4 Å². The Labute approximate surface area is 107 Å². The number of methoxy groups -OCH3 is 1. The van der Waals surface area contributed by atoms with Gasteiger partial charge in [-0.05, 0) is 28.1 Å². The Morgan fingerprint density at radius 2 is 2.24 bits per heavy atom. The summed E-state index contributed by atoms with van der Waals surface area (Å²) in [6, 6.07) is 3.71. The number of aryl methyl sites for hydroxylation is 1. The van der Waals surface area contributed by atoms with Crippen molar-refractivity contribution in [3.63, 3.8) is 0 Å². The van der Waals surface area contributed by atoms with Gasteiger partial charge in [-0.1, -0.05) is 0 Å². The summed E-state index contributed by atoms with van der Waals surface area (Å²) in [6.45, 7) is 1.69. The van der Waals surface area contributed by atoms with Crippen molar-refractivity contribution in [2.75, 3.05) is 7.11 Å². The first kappa shape index (κ1) is 11.9. The third-order valence-electron chi connectivity index (χ3n) is 2.41. The average Bonchev–Trinajstić information content (AvgIpc) is 2.83. The van der Waals surface area contributed by atoms with Gasteiger partial charge in [-0.3, -0.25) is 0 Å². The molecule has 2 aromatic heterocycles. The fraction of sp³-hybridized carbons (Fsp3) is 0.273. The molecule has 0 radical (unpaired) electrons. The monoisotopic (exact) mass is 298 g/mol. The van der Waals surface area contributed by atoms with E-state index in [0.29, 0.717) is 11.7 Å². The van der Waals surface area contributed by atoms with Crippen LogP contribution in [0.5, 0.6) is 0 Å². The number of nitrogens with zero attached hydrogens (tertiary/aromatic N) is 2. The molecule has 0 aliphatic rings. The van der Waals surface area contributed by atoms with Gasteiger partial charge in [0.2, 0.25) is 0 Å². The zero-order chi connectivity index (χ0) is 12.6. The lowest BCUT2D eigenvalue weighted by Gasteiger charge is -2.02. The summed E-state index contributed by atoms with van der Waals surface area (Å²) in [7, 11) is 3.18. The van der Waals surface area contributed by atoms with Crippen molar-refractivity contribution in [3.05, 3.63) is 28.3 Å². The van der Waals surface area contributed by atoms with Crippen LogP contribution in [0.25, 0.3) is 11.5 Å². The number of carbonyl (C=O) groups excluding carboxylic acids is 1. The molecule has 5 nitrogen and oxygen atoms in total. The summed E-state index contributed by atoms with van der Waals surface area (Å²) in [4.78, 5) is 15.6. The highest BCUT2D eigenvalue weighted by Crippen LogP contribution is 2.28. The molecule has 0 aliphatic carbocycles. The first-order valence-electron chi connectivity index (χ1n) is 4.92. The fourth-order valence-electron chi connectivity index (χ4n) is 1.55. The quantitative estimate of drug-likeness (QED) is 0.800. The Kier molecular flexibility index (Phi) is 3.06. The molecule has 0 N–H and O–H groups in total. The van der Waals surface area contributed by atoms with Crippen molar-refractivity contribution in [2.45, 2.75) is 6.92 Å². The molecule has 0 spiro atoms. The number of ether oxygens (including phenoxy) is 1. The van der Waals surface area contributed by atoms with E-state index in [0.717, 1.165) is 10.3 Å². The maximum Gasteiger partial charge on any atom is 0.360 e. The SMILES string of the molecule is COC(=O)c1nc(C)oc1-c1ccc(Br)n1C. The number of hydrogen-bond donors (Lipinski definition) is 0. The van der Waals surface area contributed by atoms with Crippen LogP contribution in [0.4, 0.5) is 0 Å². The molecule has 17 heavy (non-hydrogen) atoms. The molecule has 0 atom stereocenters. The van der Waals surface area contributed by atoms with Gasteiger partial charge in [0.05, 0.1) is 17.4 Å². The third kappa shape index (κ3) is 2.00. The van der Waals surface area contributed by atoms with Gasteiger partial charge in [0, 0.05) is 14.0 Å². The number of carbonyl (C=O) groups is 1. The largest absolute Gasteiger partial charge is 0.464 e. The number of oxazole rings is 1. The molecule has 0 saturated heterocycles. The van der Waals surface area contributed by atoms with Crippen molar-refractivity contribution in [1.29, 1.82) is 0 Å². The second kappa shape index (κ2) is 4.37. The Bertz CT molecular complexity index is 571. The van der Waals surface area contributed by atoms with E-state index in [1.807, 2.05) is 23.7 Å². The Morgan fingerprint density at radius 3 is 2.76 bits per heavy atom. The van der Waals surface area contributed by atoms with Crippen molar-refractivity contribution in [2.24, 2.45) is 7.05 Å². The van der Waals surface area contributed by atoms with Crippen LogP contribution in [0.2, 0.25) is 0 Å². The molecule has 2 rings (SSSR count). The molecule has 0 aliphatic heterocycles. The standard InChI is InChI=1S/C11H11BrN2O3/c1-6-13-9(11(15)16-3)10(17-6)7-4-5-8(12)14(7)2/h4-5H,1-3H3. The minimum Gasteiger partial charge on any atom is -0.464 e. The van der Waals surface area contributed by atoms with Gasteiger partial charge in [0.15, 0.2) is 17.3 Å². The predicted molar refractivity (Wildman–Crippen MR) is 64.7 cm³/mol. The maximum absolute atomic E-state index is 11.6. The molecule has 0 bridgehead atoms. The van der Waals surface area contributed by atoms with E-state index in [9.17, 15) is 4.79 Å². The summed E-state index contributed by atoms with van der Waals surface area (Å²) in [5, 5.41) is 0. The second-order valence-electron chi connectivity index (χ2n) is 3.50.